The van der Waals surface area contributed by atoms with Gasteiger partial charge in [-0.2, -0.15) is 0 Å². The van der Waals surface area contributed by atoms with Crippen LogP contribution in [-0.2, 0) is 16.6 Å². The van der Waals surface area contributed by atoms with Gasteiger partial charge in [0.05, 0.1) is 6.20 Å². The van der Waals surface area contributed by atoms with E-state index in [4.69, 9.17) is 9.26 Å². The fourth-order valence-electron chi connectivity index (χ4n) is 4.13. The van der Waals surface area contributed by atoms with E-state index in [1.165, 1.54) is 5.56 Å². The molecular weight excluding hydrogens is 280 g/mol. The molecule has 1 spiro atoms. The summed E-state index contributed by atoms with van der Waals surface area (Å²) < 4.78 is 11.0. The van der Waals surface area contributed by atoms with Gasteiger partial charge in [-0.3, -0.25) is 0 Å². The monoisotopic (exact) mass is 306 g/mol. The van der Waals surface area contributed by atoms with Crippen molar-refractivity contribution in [1.82, 2.24) is 10.1 Å². The van der Waals surface area contributed by atoms with Crippen LogP contribution in [0.1, 0.15) is 58.8 Å². The number of carbonyl (C=O) groups is 1. The van der Waals surface area contributed by atoms with Crippen molar-refractivity contribution in [2.45, 2.75) is 64.9 Å². The van der Waals surface area contributed by atoms with E-state index in [0.717, 1.165) is 38.1 Å². The Balaban J connectivity index is 1.76. The number of likely N-dealkylation sites (tertiary alicyclic amines) is 1. The molecule has 1 aromatic rings. The zero-order chi connectivity index (χ0) is 16.2. The standard InChI is InChI=1S/C17H26N2O3/c1-15(2,3)21-14(20)19-7-6-17(11-19)8-12-9-18-22-13(12)16(4,5)10-17/h9H,6-8,10-11H2,1-5H3. The van der Waals surface area contributed by atoms with Crippen LogP contribution in [-0.4, -0.2) is 34.8 Å². The summed E-state index contributed by atoms with van der Waals surface area (Å²) in [6.07, 6.45) is 4.61. The summed E-state index contributed by atoms with van der Waals surface area (Å²) >= 11 is 0. The highest BCUT2D eigenvalue weighted by atomic mass is 16.6. The highest BCUT2D eigenvalue weighted by Crippen LogP contribution is 2.50. The second-order valence-corrected chi connectivity index (χ2v) is 8.57. The van der Waals surface area contributed by atoms with E-state index in [0.29, 0.717) is 0 Å². The number of rotatable bonds is 0. The van der Waals surface area contributed by atoms with E-state index in [-0.39, 0.29) is 16.9 Å². The molecule has 5 heteroatoms. The number of nitrogens with zero attached hydrogens (tertiary/aromatic N) is 2. The number of carbonyl (C=O) groups excluding carboxylic acids is 1. The van der Waals surface area contributed by atoms with E-state index < -0.39 is 5.60 Å². The molecule has 22 heavy (non-hydrogen) atoms. The Morgan fingerprint density at radius 1 is 1.41 bits per heavy atom. The van der Waals surface area contributed by atoms with Gasteiger partial charge in [-0.05, 0) is 45.4 Å². The summed E-state index contributed by atoms with van der Waals surface area (Å²) in [6.45, 7) is 11.7. The van der Waals surface area contributed by atoms with Crippen LogP contribution in [0.3, 0.4) is 0 Å². The van der Waals surface area contributed by atoms with Crippen molar-refractivity contribution in [3.05, 3.63) is 17.5 Å². The molecule has 0 saturated carbocycles. The maximum atomic E-state index is 12.3. The first-order valence-corrected chi connectivity index (χ1v) is 8.02. The van der Waals surface area contributed by atoms with Crippen molar-refractivity contribution < 1.29 is 14.1 Å². The molecule has 2 aliphatic rings. The summed E-state index contributed by atoms with van der Waals surface area (Å²) in [4.78, 5) is 14.2. The highest BCUT2D eigenvalue weighted by molar-refractivity contribution is 5.68. The van der Waals surface area contributed by atoms with Gasteiger partial charge in [-0.15, -0.1) is 0 Å². The molecule has 1 aliphatic carbocycles. The van der Waals surface area contributed by atoms with Crippen molar-refractivity contribution in [3.8, 4) is 0 Å². The fraction of sp³-hybridized carbons (Fsp3) is 0.765. The lowest BCUT2D eigenvalue weighted by molar-refractivity contribution is 0.0259. The first-order valence-electron chi connectivity index (χ1n) is 8.02. The second-order valence-electron chi connectivity index (χ2n) is 8.57. The Morgan fingerprint density at radius 2 is 2.14 bits per heavy atom. The molecule has 1 fully saturated rings. The van der Waals surface area contributed by atoms with Crippen LogP contribution < -0.4 is 0 Å². The SMILES string of the molecule is CC(C)(C)OC(=O)N1CCC2(Cc3cnoc3C(C)(C)C2)C1. The molecule has 1 amide bonds. The molecule has 122 valence electrons. The molecular formula is C17H26N2O3. The molecule has 2 heterocycles. The van der Waals surface area contributed by atoms with Crippen LogP contribution in [0.15, 0.2) is 10.7 Å². The van der Waals surface area contributed by atoms with Gasteiger partial charge in [-0.1, -0.05) is 19.0 Å². The lowest BCUT2D eigenvalue weighted by Crippen LogP contribution is -2.42. The largest absolute Gasteiger partial charge is 0.444 e. The number of hydrogen-bond acceptors (Lipinski definition) is 4. The van der Waals surface area contributed by atoms with E-state index in [2.05, 4.69) is 19.0 Å². The average Bonchev–Trinajstić information content (AvgIpc) is 2.94. The number of ether oxygens (including phenoxy) is 1. The average molecular weight is 306 g/mol. The zero-order valence-corrected chi connectivity index (χ0v) is 14.2. The van der Waals surface area contributed by atoms with E-state index in [1.54, 1.807) is 0 Å². The van der Waals surface area contributed by atoms with Gasteiger partial charge in [0.1, 0.15) is 11.4 Å². The zero-order valence-electron chi connectivity index (χ0n) is 14.2. The summed E-state index contributed by atoms with van der Waals surface area (Å²) in [7, 11) is 0. The Kier molecular flexibility index (Phi) is 3.31. The molecule has 0 radical (unpaired) electrons. The number of hydrogen-bond donors (Lipinski definition) is 0. The quantitative estimate of drug-likeness (QED) is 0.736. The minimum absolute atomic E-state index is 0.0337. The topological polar surface area (TPSA) is 55.6 Å². The van der Waals surface area contributed by atoms with Gasteiger partial charge < -0.3 is 14.2 Å². The molecule has 1 aliphatic heterocycles. The first-order chi connectivity index (χ1) is 10.1. The molecule has 0 N–H and O–H groups in total. The van der Waals surface area contributed by atoms with Crippen molar-refractivity contribution in [3.63, 3.8) is 0 Å². The lowest BCUT2D eigenvalue weighted by atomic mass is 9.63. The van der Waals surface area contributed by atoms with Gasteiger partial charge in [0.15, 0.2) is 0 Å². The molecule has 3 rings (SSSR count). The maximum Gasteiger partial charge on any atom is 0.410 e. The van der Waals surface area contributed by atoms with Crippen molar-refractivity contribution >= 4 is 6.09 Å². The van der Waals surface area contributed by atoms with E-state index >= 15 is 0 Å². The molecule has 5 nitrogen and oxygen atoms in total. The third-order valence-electron chi connectivity index (χ3n) is 4.73. The second kappa shape index (κ2) is 4.74. The van der Waals surface area contributed by atoms with Crippen LogP contribution in [0.2, 0.25) is 0 Å². The third-order valence-corrected chi connectivity index (χ3v) is 4.73. The lowest BCUT2D eigenvalue weighted by Gasteiger charge is -2.40. The Morgan fingerprint density at radius 3 is 2.82 bits per heavy atom. The fourth-order valence-corrected chi connectivity index (χ4v) is 4.13. The van der Waals surface area contributed by atoms with Gasteiger partial charge in [0.2, 0.25) is 0 Å². The summed E-state index contributed by atoms with van der Waals surface area (Å²) in [5.41, 5.74) is 0.843. The third kappa shape index (κ3) is 2.73. The molecule has 1 aromatic heterocycles. The Bertz CT molecular complexity index is 585. The van der Waals surface area contributed by atoms with Gasteiger partial charge >= 0.3 is 6.09 Å². The predicted octanol–water partition coefficient (Wildman–Crippen LogP) is 3.53. The summed E-state index contributed by atoms with van der Waals surface area (Å²) in [6, 6.07) is 0. The van der Waals surface area contributed by atoms with Crippen LogP contribution in [0.25, 0.3) is 0 Å². The highest BCUT2D eigenvalue weighted by Gasteiger charge is 2.50. The van der Waals surface area contributed by atoms with Crippen LogP contribution in [0.4, 0.5) is 4.79 Å². The van der Waals surface area contributed by atoms with E-state index in [1.807, 2.05) is 31.9 Å². The smallest absolute Gasteiger partial charge is 0.410 e. The molecule has 1 unspecified atom stereocenters. The van der Waals surface area contributed by atoms with Crippen LogP contribution >= 0.6 is 0 Å². The number of aromatic nitrogens is 1. The van der Waals surface area contributed by atoms with E-state index in [9.17, 15) is 4.79 Å². The van der Waals surface area contributed by atoms with Crippen LogP contribution in [0.5, 0.6) is 0 Å². The first kappa shape index (κ1) is 15.4. The Labute approximate surface area is 132 Å². The van der Waals surface area contributed by atoms with Crippen molar-refractivity contribution in [2.24, 2.45) is 5.41 Å². The maximum absolute atomic E-state index is 12.3. The molecule has 1 saturated heterocycles. The Hall–Kier alpha value is -1.52. The minimum Gasteiger partial charge on any atom is -0.444 e. The van der Waals surface area contributed by atoms with Crippen molar-refractivity contribution in [1.29, 1.82) is 0 Å². The number of fused-ring (bicyclic) bond motifs is 1. The summed E-state index contributed by atoms with van der Waals surface area (Å²) in [5.74, 6) is 1.01. The van der Waals surface area contributed by atoms with Gasteiger partial charge in [0, 0.05) is 24.1 Å². The number of amides is 1. The van der Waals surface area contributed by atoms with Gasteiger partial charge in [0.25, 0.3) is 0 Å². The predicted molar refractivity (Wildman–Crippen MR) is 82.7 cm³/mol. The molecule has 0 bridgehead atoms. The van der Waals surface area contributed by atoms with Crippen molar-refractivity contribution in [2.75, 3.05) is 13.1 Å². The van der Waals surface area contributed by atoms with Gasteiger partial charge in [-0.25, -0.2) is 4.79 Å². The molecule has 0 aromatic carbocycles. The van der Waals surface area contributed by atoms with Crippen LogP contribution in [0, 0.1) is 5.41 Å². The minimum atomic E-state index is -0.444. The molecule has 1 atom stereocenters. The normalized spacial score (nSPS) is 27.0. The summed E-state index contributed by atoms with van der Waals surface area (Å²) in [5, 5.41) is 3.98.